The Kier molecular flexibility index (Phi) is 3.88. The summed E-state index contributed by atoms with van der Waals surface area (Å²) in [5.74, 6) is 1.57. The van der Waals surface area contributed by atoms with Crippen molar-refractivity contribution in [2.75, 3.05) is 0 Å². The van der Waals surface area contributed by atoms with E-state index in [9.17, 15) is 10.1 Å². The van der Waals surface area contributed by atoms with E-state index in [1.165, 1.54) is 6.07 Å². The molecule has 0 amide bonds. The molecule has 1 radical (unpaired) electrons. The molecule has 0 heterocycles. The number of nitro groups is 1. The van der Waals surface area contributed by atoms with Gasteiger partial charge in [-0.1, -0.05) is 13.8 Å². The van der Waals surface area contributed by atoms with Crippen molar-refractivity contribution in [2.45, 2.75) is 33.8 Å². The third kappa shape index (κ3) is 3.22. The lowest BCUT2D eigenvalue weighted by Gasteiger charge is -2.12. The highest BCUT2D eigenvalue weighted by Gasteiger charge is 2.13. The molecular weight excluding hydrogens is 206 g/mol. The van der Waals surface area contributed by atoms with E-state index in [1.807, 2.05) is 33.8 Å². The van der Waals surface area contributed by atoms with Crippen LogP contribution >= 0.6 is 0 Å². The topological polar surface area (TPSA) is 52.4 Å². The average Bonchev–Trinajstić information content (AvgIpc) is 2.15. The van der Waals surface area contributed by atoms with Crippen molar-refractivity contribution in [1.29, 1.82) is 0 Å². The Bertz CT molecular complexity index is 386. The first-order valence-corrected chi connectivity index (χ1v) is 5.17. The SMILES string of the molecule is C[C](C)c1cc(OC(C)C)cc([N+](=O)[O-])c1. The standard InChI is InChI=1S/C12H16NO3/c1-8(2)10-5-11(13(14)15)7-12(6-10)16-9(3)4/h5-7,9H,1-4H3. The minimum Gasteiger partial charge on any atom is -0.491 e. The monoisotopic (exact) mass is 222 g/mol. The lowest BCUT2D eigenvalue weighted by atomic mass is 10.0. The van der Waals surface area contributed by atoms with Gasteiger partial charge in [0.2, 0.25) is 0 Å². The fraction of sp³-hybridized carbons (Fsp3) is 0.417. The van der Waals surface area contributed by atoms with E-state index in [0.29, 0.717) is 5.75 Å². The number of hydrogen-bond donors (Lipinski definition) is 0. The Balaban J connectivity index is 3.13. The van der Waals surface area contributed by atoms with Gasteiger partial charge in [0.25, 0.3) is 5.69 Å². The molecule has 0 saturated heterocycles. The van der Waals surface area contributed by atoms with Crippen LogP contribution in [0.1, 0.15) is 33.3 Å². The van der Waals surface area contributed by atoms with E-state index < -0.39 is 4.92 Å². The largest absolute Gasteiger partial charge is 0.491 e. The first-order chi connectivity index (χ1) is 7.40. The summed E-state index contributed by atoms with van der Waals surface area (Å²) in [4.78, 5) is 10.4. The van der Waals surface area contributed by atoms with Gasteiger partial charge in [-0.05, 0) is 31.4 Å². The first-order valence-electron chi connectivity index (χ1n) is 5.17. The van der Waals surface area contributed by atoms with Crippen LogP contribution in [0.15, 0.2) is 18.2 Å². The highest BCUT2D eigenvalue weighted by atomic mass is 16.6. The van der Waals surface area contributed by atoms with Gasteiger partial charge in [-0.25, -0.2) is 0 Å². The summed E-state index contributed by atoms with van der Waals surface area (Å²) in [7, 11) is 0. The zero-order valence-electron chi connectivity index (χ0n) is 9.98. The highest BCUT2D eigenvalue weighted by Crippen LogP contribution is 2.27. The van der Waals surface area contributed by atoms with E-state index in [0.717, 1.165) is 11.5 Å². The van der Waals surface area contributed by atoms with Gasteiger partial charge in [-0.2, -0.15) is 0 Å². The molecule has 0 fully saturated rings. The molecule has 0 bridgehead atoms. The summed E-state index contributed by atoms with van der Waals surface area (Å²) in [6, 6.07) is 4.83. The number of benzene rings is 1. The van der Waals surface area contributed by atoms with Crippen molar-refractivity contribution in [2.24, 2.45) is 0 Å². The van der Waals surface area contributed by atoms with Crippen LogP contribution < -0.4 is 4.74 Å². The second kappa shape index (κ2) is 4.96. The molecule has 0 aliphatic carbocycles. The lowest BCUT2D eigenvalue weighted by molar-refractivity contribution is -0.385. The van der Waals surface area contributed by atoms with Crippen molar-refractivity contribution in [1.82, 2.24) is 0 Å². The predicted octanol–water partition coefficient (Wildman–Crippen LogP) is 3.34. The van der Waals surface area contributed by atoms with Crippen LogP contribution in [0, 0.1) is 16.0 Å². The van der Waals surface area contributed by atoms with Crippen LogP contribution in [-0.4, -0.2) is 11.0 Å². The fourth-order valence-electron chi connectivity index (χ4n) is 1.32. The maximum absolute atomic E-state index is 10.8. The molecule has 0 N–H and O–H groups in total. The Labute approximate surface area is 95.4 Å². The molecule has 16 heavy (non-hydrogen) atoms. The predicted molar refractivity (Wildman–Crippen MR) is 62.6 cm³/mol. The van der Waals surface area contributed by atoms with Crippen LogP contribution in [0.2, 0.25) is 0 Å². The van der Waals surface area contributed by atoms with E-state index in [-0.39, 0.29) is 11.8 Å². The molecule has 0 atom stereocenters. The third-order valence-corrected chi connectivity index (χ3v) is 2.05. The van der Waals surface area contributed by atoms with Crippen LogP contribution in [0.5, 0.6) is 5.75 Å². The molecule has 87 valence electrons. The van der Waals surface area contributed by atoms with Gasteiger partial charge in [0.1, 0.15) is 5.75 Å². The molecule has 0 saturated carbocycles. The lowest BCUT2D eigenvalue weighted by Crippen LogP contribution is -2.06. The molecule has 0 unspecified atom stereocenters. The zero-order chi connectivity index (χ0) is 12.3. The Morgan fingerprint density at radius 2 is 1.94 bits per heavy atom. The van der Waals surface area contributed by atoms with Gasteiger partial charge in [0.15, 0.2) is 0 Å². The third-order valence-electron chi connectivity index (χ3n) is 2.05. The number of nitrogens with zero attached hydrogens (tertiary/aromatic N) is 1. The number of non-ortho nitro benzene ring substituents is 1. The zero-order valence-corrected chi connectivity index (χ0v) is 9.98. The summed E-state index contributed by atoms with van der Waals surface area (Å²) in [5, 5.41) is 10.8. The molecule has 1 aromatic rings. The Hall–Kier alpha value is -1.58. The molecule has 0 spiro atoms. The average molecular weight is 222 g/mol. The number of nitro benzene ring substituents is 1. The number of hydrogen-bond acceptors (Lipinski definition) is 3. The van der Waals surface area contributed by atoms with Crippen molar-refractivity contribution in [3.8, 4) is 5.75 Å². The minimum atomic E-state index is -0.403. The molecule has 1 aromatic carbocycles. The number of rotatable bonds is 4. The van der Waals surface area contributed by atoms with Crippen molar-refractivity contribution in [3.63, 3.8) is 0 Å². The fourth-order valence-corrected chi connectivity index (χ4v) is 1.32. The summed E-state index contributed by atoms with van der Waals surface area (Å²) < 4.78 is 5.48. The van der Waals surface area contributed by atoms with Gasteiger partial charge in [-0.3, -0.25) is 10.1 Å². The highest BCUT2D eigenvalue weighted by molar-refractivity contribution is 5.47. The van der Waals surface area contributed by atoms with Crippen molar-refractivity contribution < 1.29 is 9.66 Å². The smallest absolute Gasteiger partial charge is 0.273 e. The maximum atomic E-state index is 10.8. The van der Waals surface area contributed by atoms with Crippen LogP contribution in [0.25, 0.3) is 0 Å². The maximum Gasteiger partial charge on any atom is 0.273 e. The van der Waals surface area contributed by atoms with Crippen LogP contribution in [0.3, 0.4) is 0 Å². The second-order valence-corrected chi connectivity index (χ2v) is 4.14. The minimum absolute atomic E-state index is 0.00650. The van der Waals surface area contributed by atoms with Crippen molar-refractivity contribution in [3.05, 3.63) is 39.8 Å². The van der Waals surface area contributed by atoms with Gasteiger partial charge in [-0.15, -0.1) is 0 Å². The molecule has 0 aliphatic rings. The van der Waals surface area contributed by atoms with Crippen LogP contribution in [-0.2, 0) is 0 Å². The number of ether oxygens (including phenoxy) is 1. The van der Waals surface area contributed by atoms with Gasteiger partial charge in [0, 0.05) is 6.07 Å². The van der Waals surface area contributed by atoms with Gasteiger partial charge < -0.3 is 4.74 Å². The summed E-state index contributed by atoms with van der Waals surface area (Å²) in [6.45, 7) is 7.61. The Morgan fingerprint density at radius 1 is 1.31 bits per heavy atom. The normalized spacial score (nSPS) is 10.9. The summed E-state index contributed by atoms with van der Waals surface area (Å²) in [5.41, 5.74) is 0.902. The summed E-state index contributed by atoms with van der Waals surface area (Å²) >= 11 is 0. The van der Waals surface area contributed by atoms with Gasteiger partial charge in [0.05, 0.1) is 17.1 Å². The second-order valence-electron chi connectivity index (χ2n) is 4.14. The van der Waals surface area contributed by atoms with Gasteiger partial charge >= 0.3 is 0 Å². The van der Waals surface area contributed by atoms with E-state index >= 15 is 0 Å². The molecule has 4 heteroatoms. The molecule has 1 rings (SSSR count). The van der Waals surface area contributed by atoms with E-state index in [1.54, 1.807) is 6.07 Å². The van der Waals surface area contributed by atoms with Crippen molar-refractivity contribution >= 4 is 5.69 Å². The first kappa shape index (κ1) is 12.5. The summed E-state index contributed by atoms with van der Waals surface area (Å²) in [6.07, 6.45) is 0.00650. The molecule has 0 aromatic heterocycles. The van der Waals surface area contributed by atoms with E-state index in [4.69, 9.17) is 4.74 Å². The molecule has 0 aliphatic heterocycles. The van der Waals surface area contributed by atoms with E-state index in [2.05, 4.69) is 0 Å². The van der Waals surface area contributed by atoms with Crippen LogP contribution in [0.4, 0.5) is 5.69 Å². The molecular formula is C12H16NO3. The molecule has 4 nitrogen and oxygen atoms in total. The quantitative estimate of drug-likeness (QED) is 0.580. The Morgan fingerprint density at radius 3 is 2.38 bits per heavy atom.